The second kappa shape index (κ2) is 6.02. The lowest BCUT2D eigenvalue weighted by Crippen LogP contribution is -2.44. The van der Waals surface area contributed by atoms with Crippen LogP contribution in [0.2, 0.25) is 0 Å². The van der Waals surface area contributed by atoms with Gasteiger partial charge in [0.2, 0.25) is 5.56 Å². The molecule has 18 heavy (non-hydrogen) atoms. The van der Waals surface area contributed by atoms with Crippen LogP contribution < -0.4 is 9.64 Å². The third kappa shape index (κ3) is 3.34. The van der Waals surface area contributed by atoms with Gasteiger partial charge in [-0.25, -0.2) is 4.98 Å². The van der Waals surface area contributed by atoms with Crippen LogP contribution in [0.1, 0.15) is 0 Å². The SMILES string of the molecule is CN1CCN(c2ccc(OC(Cl)C=O)cn2)CC1. The van der Waals surface area contributed by atoms with Crippen LogP contribution in [0.5, 0.6) is 5.75 Å². The topological polar surface area (TPSA) is 45.7 Å². The van der Waals surface area contributed by atoms with Crippen LogP contribution in [0.15, 0.2) is 18.3 Å². The molecule has 0 N–H and O–H groups in total. The maximum absolute atomic E-state index is 10.4. The third-order valence-corrected chi connectivity index (χ3v) is 3.10. The number of likely N-dealkylation sites (N-methyl/N-ethyl adjacent to an activating group) is 1. The molecule has 0 aliphatic carbocycles. The van der Waals surface area contributed by atoms with Gasteiger partial charge in [0.1, 0.15) is 11.6 Å². The van der Waals surface area contributed by atoms with Crippen molar-refractivity contribution >= 4 is 23.7 Å². The number of aldehydes is 1. The summed E-state index contributed by atoms with van der Waals surface area (Å²) in [7, 11) is 2.11. The van der Waals surface area contributed by atoms with E-state index in [0.717, 1.165) is 32.0 Å². The molecule has 1 fully saturated rings. The van der Waals surface area contributed by atoms with Gasteiger partial charge in [0, 0.05) is 26.2 Å². The van der Waals surface area contributed by atoms with Crippen molar-refractivity contribution in [3.63, 3.8) is 0 Å². The smallest absolute Gasteiger partial charge is 0.227 e. The maximum atomic E-state index is 10.4. The van der Waals surface area contributed by atoms with E-state index in [9.17, 15) is 4.79 Å². The number of rotatable bonds is 4. The van der Waals surface area contributed by atoms with Crippen LogP contribution in [0.3, 0.4) is 0 Å². The average molecular weight is 270 g/mol. The van der Waals surface area contributed by atoms with Crippen molar-refractivity contribution in [2.24, 2.45) is 0 Å². The predicted molar refractivity (Wildman–Crippen MR) is 70.3 cm³/mol. The van der Waals surface area contributed by atoms with Gasteiger partial charge in [-0.15, -0.1) is 0 Å². The van der Waals surface area contributed by atoms with Gasteiger partial charge in [-0.1, -0.05) is 11.6 Å². The fraction of sp³-hybridized carbons (Fsp3) is 0.500. The van der Waals surface area contributed by atoms with Crippen LogP contribution >= 0.6 is 11.6 Å². The fourth-order valence-electron chi connectivity index (χ4n) is 1.82. The number of piperazine rings is 1. The number of carbonyl (C=O) groups excluding carboxylic acids is 1. The molecular weight excluding hydrogens is 254 g/mol. The molecule has 0 radical (unpaired) electrons. The van der Waals surface area contributed by atoms with Gasteiger partial charge < -0.3 is 14.5 Å². The molecule has 1 unspecified atom stereocenters. The number of hydrogen-bond donors (Lipinski definition) is 0. The minimum absolute atomic E-state index is 0.500. The Morgan fingerprint density at radius 1 is 1.39 bits per heavy atom. The van der Waals surface area contributed by atoms with Gasteiger partial charge in [0.05, 0.1) is 6.20 Å². The monoisotopic (exact) mass is 269 g/mol. The van der Waals surface area contributed by atoms with Crippen molar-refractivity contribution in [3.05, 3.63) is 18.3 Å². The van der Waals surface area contributed by atoms with Crippen molar-refractivity contribution < 1.29 is 9.53 Å². The second-order valence-corrected chi connectivity index (χ2v) is 4.68. The highest BCUT2D eigenvalue weighted by Gasteiger charge is 2.15. The van der Waals surface area contributed by atoms with Crippen molar-refractivity contribution in [3.8, 4) is 5.75 Å². The molecular formula is C12H16ClN3O2. The lowest BCUT2D eigenvalue weighted by Gasteiger charge is -2.33. The summed E-state index contributed by atoms with van der Waals surface area (Å²) in [4.78, 5) is 19.2. The normalized spacial score (nSPS) is 18.4. The lowest BCUT2D eigenvalue weighted by molar-refractivity contribution is -0.110. The molecule has 6 heteroatoms. The van der Waals surface area contributed by atoms with E-state index in [2.05, 4.69) is 21.8 Å². The van der Waals surface area contributed by atoms with E-state index >= 15 is 0 Å². The van der Waals surface area contributed by atoms with E-state index in [-0.39, 0.29) is 0 Å². The minimum atomic E-state index is -0.957. The summed E-state index contributed by atoms with van der Waals surface area (Å²) in [6.07, 6.45) is 2.13. The van der Waals surface area contributed by atoms with Crippen LogP contribution in [0.25, 0.3) is 0 Å². The van der Waals surface area contributed by atoms with Crippen LogP contribution in [0.4, 0.5) is 5.82 Å². The highest BCUT2D eigenvalue weighted by Crippen LogP contribution is 2.18. The van der Waals surface area contributed by atoms with E-state index in [1.165, 1.54) is 0 Å². The van der Waals surface area contributed by atoms with Crippen molar-refractivity contribution in [2.45, 2.75) is 5.56 Å². The van der Waals surface area contributed by atoms with E-state index in [1.807, 2.05) is 6.07 Å². The summed E-state index contributed by atoms with van der Waals surface area (Å²) < 4.78 is 5.13. The second-order valence-electron chi connectivity index (χ2n) is 4.25. The van der Waals surface area contributed by atoms with Crippen molar-refractivity contribution in [2.75, 3.05) is 38.1 Å². The molecule has 0 aromatic carbocycles. The van der Waals surface area contributed by atoms with E-state index < -0.39 is 5.56 Å². The first-order valence-corrected chi connectivity index (χ1v) is 6.28. The molecule has 1 aromatic rings. The van der Waals surface area contributed by atoms with Crippen molar-refractivity contribution in [1.82, 2.24) is 9.88 Å². The van der Waals surface area contributed by atoms with Gasteiger partial charge in [-0.3, -0.25) is 4.79 Å². The molecule has 0 spiro atoms. The summed E-state index contributed by atoms with van der Waals surface area (Å²) in [6.45, 7) is 4.01. The van der Waals surface area contributed by atoms with Gasteiger partial charge in [0.15, 0.2) is 6.29 Å². The largest absolute Gasteiger partial charge is 0.466 e. The van der Waals surface area contributed by atoms with Gasteiger partial charge >= 0.3 is 0 Å². The Balaban J connectivity index is 1.97. The number of nitrogens with zero attached hydrogens (tertiary/aromatic N) is 3. The van der Waals surface area contributed by atoms with Gasteiger partial charge in [0.25, 0.3) is 0 Å². The first kappa shape index (κ1) is 13.1. The molecule has 0 amide bonds. The summed E-state index contributed by atoms with van der Waals surface area (Å²) >= 11 is 5.57. The first-order chi connectivity index (χ1) is 8.69. The summed E-state index contributed by atoms with van der Waals surface area (Å²) in [5, 5.41) is 0. The summed E-state index contributed by atoms with van der Waals surface area (Å²) in [5.74, 6) is 1.42. The van der Waals surface area contributed by atoms with Gasteiger partial charge in [-0.2, -0.15) is 0 Å². The Labute approximate surface area is 111 Å². The zero-order chi connectivity index (χ0) is 13.0. The number of ether oxygens (including phenoxy) is 1. The standard InChI is InChI=1S/C12H16ClN3O2/c1-15-4-6-16(7-5-15)12-3-2-10(8-14-12)18-11(13)9-17/h2-3,8-9,11H,4-7H2,1H3. The molecule has 0 saturated carbocycles. The number of halogens is 1. The Kier molecular flexibility index (Phi) is 4.38. The molecule has 1 atom stereocenters. The number of alkyl halides is 1. The molecule has 2 heterocycles. The maximum Gasteiger partial charge on any atom is 0.227 e. The average Bonchev–Trinajstić information content (AvgIpc) is 2.40. The third-order valence-electron chi connectivity index (χ3n) is 2.90. The molecule has 1 aliphatic heterocycles. The van der Waals surface area contributed by atoms with Crippen LogP contribution in [0, 0.1) is 0 Å². The van der Waals surface area contributed by atoms with Crippen LogP contribution in [-0.2, 0) is 4.79 Å². The Morgan fingerprint density at radius 2 is 2.11 bits per heavy atom. The summed E-state index contributed by atoms with van der Waals surface area (Å²) in [6, 6.07) is 3.66. The molecule has 2 rings (SSSR count). The molecule has 5 nitrogen and oxygen atoms in total. The van der Waals surface area contributed by atoms with E-state index in [4.69, 9.17) is 16.3 Å². The zero-order valence-electron chi connectivity index (χ0n) is 10.3. The molecule has 1 aliphatic rings. The number of carbonyl (C=O) groups is 1. The Morgan fingerprint density at radius 3 is 2.67 bits per heavy atom. The highest BCUT2D eigenvalue weighted by atomic mass is 35.5. The molecule has 1 aromatic heterocycles. The van der Waals surface area contributed by atoms with E-state index in [0.29, 0.717) is 12.0 Å². The quantitative estimate of drug-likeness (QED) is 0.602. The Bertz CT molecular complexity index is 391. The number of pyridine rings is 1. The summed E-state index contributed by atoms with van der Waals surface area (Å²) in [5.41, 5.74) is -0.957. The van der Waals surface area contributed by atoms with E-state index in [1.54, 1.807) is 12.3 Å². The Hall–Kier alpha value is -1.33. The molecule has 0 bridgehead atoms. The highest BCUT2D eigenvalue weighted by molar-refractivity contribution is 6.26. The fourth-order valence-corrected chi connectivity index (χ4v) is 1.93. The zero-order valence-corrected chi connectivity index (χ0v) is 11.0. The minimum Gasteiger partial charge on any atom is -0.466 e. The first-order valence-electron chi connectivity index (χ1n) is 5.84. The molecule has 1 saturated heterocycles. The lowest BCUT2D eigenvalue weighted by atomic mass is 10.3. The van der Waals surface area contributed by atoms with Crippen LogP contribution in [-0.4, -0.2) is 55.0 Å². The van der Waals surface area contributed by atoms with Crippen molar-refractivity contribution in [1.29, 1.82) is 0 Å². The molecule has 98 valence electrons. The number of hydrogen-bond acceptors (Lipinski definition) is 5. The predicted octanol–water partition coefficient (Wildman–Crippen LogP) is 0.976. The number of aromatic nitrogens is 1. The number of anilines is 1. The van der Waals surface area contributed by atoms with Gasteiger partial charge in [-0.05, 0) is 19.2 Å².